The van der Waals surface area contributed by atoms with Crippen LogP contribution >= 0.6 is 11.8 Å². The van der Waals surface area contributed by atoms with E-state index in [1.165, 1.54) is 0 Å². The predicted octanol–water partition coefficient (Wildman–Crippen LogP) is 4.41. The number of esters is 1. The number of nitriles is 1. The van der Waals surface area contributed by atoms with E-state index in [9.17, 15) is 4.79 Å². The van der Waals surface area contributed by atoms with Gasteiger partial charge in [-0.05, 0) is 62.4 Å². The summed E-state index contributed by atoms with van der Waals surface area (Å²) in [7, 11) is 0. The van der Waals surface area contributed by atoms with Crippen molar-refractivity contribution >= 4 is 17.7 Å². The van der Waals surface area contributed by atoms with Gasteiger partial charge in [-0.3, -0.25) is 9.78 Å². The Hall–Kier alpha value is -3.24. The maximum absolute atomic E-state index is 12.7. The van der Waals surface area contributed by atoms with E-state index in [4.69, 9.17) is 15.0 Å². The van der Waals surface area contributed by atoms with Crippen LogP contribution < -0.4 is 0 Å². The molecule has 0 radical (unpaired) electrons. The van der Waals surface area contributed by atoms with Crippen LogP contribution in [-0.4, -0.2) is 33.8 Å². The Morgan fingerprint density at radius 2 is 1.80 bits per heavy atom. The lowest BCUT2D eigenvalue weighted by atomic mass is 9.97. The minimum absolute atomic E-state index is 0.300. The summed E-state index contributed by atoms with van der Waals surface area (Å²) in [5, 5.41) is 9.96. The first-order chi connectivity index (χ1) is 14.6. The molecule has 0 saturated heterocycles. The Morgan fingerprint density at radius 1 is 1.07 bits per heavy atom. The zero-order valence-electron chi connectivity index (χ0n) is 16.9. The van der Waals surface area contributed by atoms with Gasteiger partial charge in [-0.2, -0.15) is 5.26 Å². The number of carbonyl (C=O) groups is 1. The Kier molecular flexibility index (Phi) is 7.52. The minimum atomic E-state index is -0.527. The largest absolute Gasteiger partial charge is 0.465 e. The Morgan fingerprint density at radius 3 is 2.53 bits per heavy atom. The van der Waals surface area contributed by atoms with E-state index in [2.05, 4.69) is 9.97 Å². The lowest BCUT2D eigenvalue weighted by molar-refractivity contribution is -0.145. The number of ether oxygens (including phenoxy) is 1. The third-order valence-electron chi connectivity index (χ3n) is 4.50. The molecule has 3 aromatic heterocycles. The highest BCUT2D eigenvalue weighted by molar-refractivity contribution is 7.98. The highest BCUT2D eigenvalue weighted by Crippen LogP contribution is 2.25. The van der Waals surface area contributed by atoms with Crippen LogP contribution in [0, 0.1) is 11.3 Å². The molecule has 152 valence electrons. The molecule has 0 N–H and O–H groups in total. The smallest absolute Gasteiger partial charge is 0.315 e. The van der Waals surface area contributed by atoms with E-state index >= 15 is 0 Å². The lowest BCUT2D eigenvalue weighted by Crippen LogP contribution is -2.18. The Balaban J connectivity index is 1.88. The first-order valence-corrected chi connectivity index (χ1v) is 10.9. The molecule has 7 heteroatoms. The molecule has 0 bridgehead atoms. The third-order valence-corrected chi connectivity index (χ3v) is 5.15. The summed E-state index contributed by atoms with van der Waals surface area (Å²) < 4.78 is 5.30. The summed E-state index contributed by atoms with van der Waals surface area (Å²) >= 11 is 1.57. The van der Waals surface area contributed by atoms with Crippen molar-refractivity contribution in [1.29, 1.82) is 5.26 Å². The summed E-state index contributed by atoms with van der Waals surface area (Å²) in [6, 6.07) is 18.7. The van der Waals surface area contributed by atoms with Crippen LogP contribution in [0.1, 0.15) is 36.3 Å². The molecular formula is C23H22N4O2S. The van der Waals surface area contributed by atoms with Crippen LogP contribution in [0.4, 0.5) is 0 Å². The van der Waals surface area contributed by atoms with Gasteiger partial charge in [0.2, 0.25) is 0 Å². The van der Waals surface area contributed by atoms with E-state index < -0.39 is 5.92 Å². The van der Waals surface area contributed by atoms with Crippen molar-refractivity contribution < 1.29 is 9.53 Å². The fourth-order valence-electron chi connectivity index (χ4n) is 3.06. The van der Waals surface area contributed by atoms with Crippen LogP contribution in [0.3, 0.4) is 0 Å². The fraction of sp³-hybridized carbons (Fsp3) is 0.261. The molecule has 0 aliphatic rings. The van der Waals surface area contributed by atoms with E-state index in [1.807, 2.05) is 54.8 Å². The van der Waals surface area contributed by atoms with Crippen molar-refractivity contribution in [2.45, 2.75) is 30.7 Å². The number of pyridine rings is 3. The highest BCUT2D eigenvalue weighted by atomic mass is 32.2. The van der Waals surface area contributed by atoms with Gasteiger partial charge in [0, 0.05) is 5.69 Å². The molecule has 0 aromatic carbocycles. The quantitative estimate of drug-likeness (QED) is 0.395. The van der Waals surface area contributed by atoms with E-state index in [0.29, 0.717) is 36.5 Å². The summed E-state index contributed by atoms with van der Waals surface area (Å²) in [5.41, 5.74) is 3.23. The van der Waals surface area contributed by atoms with Gasteiger partial charge in [0.25, 0.3) is 0 Å². The number of thioether (sulfide) groups is 1. The van der Waals surface area contributed by atoms with Crippen LogP contribution in [0.25, 0.3) is 11.4 Å². The molecule has 0 fully saturated rings. The number of aryl methyl sites for hydroxylation is 1. The molecule has 0 spiro atoms. The molecule has 0 saturated carbocycles. The number of carbonyl (C=O) groups excluding carboxylic acids is 1. The van der Waals surface area contributed by atoms with E-state index in [-0.39, 0.29) is 5.97 Å². The fourth-order valence-corrected chi connectivity index (χ4v) is 3.47. The minimum Gasteiger partial charge on any atom is -0.465 e. The Bertz CT molecular complexity index is 1060. The summed E-state index contributed by atoms with van der Waals surface area (Å²) in [6.07, 6.45) is 2.99. The topological polar surface area (TPSA) is 88.8 Å². The average molecular weight is 419 g/mol. The van der Waals surface area contributed by atoms with Gasteiger partial charge in [-0.1, -0.05) is 18.2 Å². The van der Waals surface area contributed by atoms with Crippen molar-refractivity contribution in [3.63, 3.8) is 0 Å². The number of nitrogens with zero attached hydrogens (tertiary/aromatic N) is 4. The second kappa shape index (κ2) is 10.5. The van der Waals surface area contributed by atoms with E-state index in [1.54, 1.807) is 30.8 Å². The molecular weight excluding hydrogens is 396 g/mol. The predicted molar refractivity (Wildman–Crippen MR) is 116 cm³/mol. The van der Waals surface area contributed by atoms with E-state index in [0.717, 1.165) is 16.4 Å². The normalized spacial score (nSPS) is 11.5. The SMILES string of the molecule is CCOC(=O)C(CCc1cccc(C#N)n1)c1cccc(-c2cccc(SC)n2)n1. The number of rotatable bonds is 8. The van der Waals surface area contributed by atoms with Crippen LogP contribution in [-0.2, 0) is 16.0 Å². The molecule has 3 rings (SSSR count). The summed E-state index contributed by atoms with van der Waals surface area (Å²) in [6.45, 7) is 2.09. The van der Waals surface area contributed by atoms with Crippen molar-refractivity contribution in [1.82, 2.24) is 15.0 Å². The van der Waals surface area contributed by atoms with Crippen LogP contribution in [0.2, 0.25) is 0 Å². The maximum atomic E-state index is 12.7. The molecule has 6 nitrogen and oxygen atoms in total. The zero-order chi connectivity index (χ0) is 21.3. The monoisotopic (exact) mass is 418 g/mol. The average Bonchev–Trinajstić information content (AvgIpc) is 2.80. The zero-order valence-corrected chi connectivity index (χ0v) is 17.7. The third kappa shape index (κ3) is 5.43. The molecule has 3 aromatic rings. The van der Waals surface area contributed by atoms with Gasteiger partial charge in [-0.15, -0.1) is 11.8 Å². The van der Waals surface area contributed by atoms with Crippen molar-refractivity contribution in [3.8, 4) is 17.5 Å². The first-order valence-electron chi connectivity index (χ1n) is 9.65. The Labute approximate surface area is 180 Å². The highest BCUT2D eigenvalue weighted by Gasteiger charge is 2.24. The summed E-state index contributed by atoms with van der Waals surface area (Å²) in [4.78, 5) is 26.3. The first kappa shape index (κ1) is 21.5. The molecule has 30 heavy (non-hydrogen) atoms. The van der Waals surface area contributed by atoms with Gasteiger partial charge in [0.15, 0.2) is 0 Å². The van der Waals surface area contributed by atoms with Crippen molar-refractivity contribution in [2.24, 2.45) is 0 Å². The number of aromatic nitrogens is 3. The van der Waals surface area contributed by atoms with Gasteiger partial charge < -0.3 is 4.74 Å². The summed E-state index contributed by atoms with van der Waals surface area (Å²) in [5.74, 6) is -0.842. The van der Waals surface area contributed by atoms with Gasteiger partial charge in [0.1, 0.15) is 11.8 Å². The van der Waals surface area contributed by atoms with Crippen molar-refractivity contribution in [3.05, 3.63) is 71.7 Å². The van der Waals surface area contributed by atoms with Crippen LogP contribution in [0.5, 0.6) is 0 Å². The van der Waals surface area contributed by atoms with Gasteiger partial charge in [0.05, 0.1) is 34.6 Å². The molecule has 0 amide bonds. The number of hydrogen-bond donors (Lipinski definition) is 0. The maximum Gasteiger partial charge on any atom is 0.315 e. The van der Waals surface area contributed by atoms with Crippen LogP contribution in [0.15, 0.2) is 59.6 Å². The molecule has 1 unspecified atom stereocenters. The van der Waals surface area contributed by atoms with Crippen molar-refractivity contribution in [2.75, 3.05) is 12.9 Å². The number of hydrogen-bond acceptors (Lipinski definition) is 7. The molecule has 0 aliphatic carbocycles. The van der Waals surface area contributed by atoms with Gasteiger partial charge in [-0.25, -0.2) is 9.97 Å². The lowest BCUT2D eigenvalue weighted by Gasteiger charge is -2.16. The second-order valence-corrected chi connectivity index (χ2v) is 7.31. The molecule has 3 heterocycles. The molecule has 0 aliphatic heterocycles. The standard InChI is InChI=1S/C23H22N4O2S/c1-3-29-23(28)18(14-13-16-7-4-8-17(15-24)25-16)19-9-5-10-20(26-19)21-11-6-12-22(27-21)30-2/h4-12,18H,3,13-14H2,1-2H3. The second-order valence-electron chi connectivity index (χ2n) is 6.48. The molecule has 1 atom stereocenters. The van der Waals surface area contributed by atoms with Gasteiger partial charge >= 0.3 is 5.97 Å².